The number of nitrogens with two attached hydrogens (primary N) is 1. The first kappa shape index (κ1) is 22.2. The van der Waals surface area contributed by atoms with Crippen LogP contribution >= 0.6 is 24.8 Å². The molecule has 142 valence electrons. The van der Waals surface area contributed by atoms with Gasteiger partial charge in [-0.25, -0.2) is 4.39 Å². The monoisotopic (exact) mass is 391 g/mol. The van der Waals surface area contributed by atoms with E-state index >= 15 is 0 Å². The van der Waals surface area contributed by atoms with Crippen LogP contribution in [0.3, 0.4) is 0 Å². The molecule has 7 heteroatoms. The Morgan fingerprint density at radius 3 is 2.68 bits per heavy atom. The summed E-state index contributed by atoms with van der Waals surface area (Å²) in [6, 6.07) is 6.74. The molecular weight excluding hydrogens is 364 g/mol. The van der Waals surface area contributed by atoms with Crippen molar-refractivity contribution in [2.24, 2.45) is 17.6 Å². The van der Waals surface area contributed by atoms with E-state index < -0.39 is 0 Å². The number of amides is 1. The van der Waals surface area contributed by atoms with Crippen LogP contribution < -0.4 is 5.73 Å². The van der Waals surface area contributed by atoms with Crippen LogP contribution in [0.4, 0.5) is 4.39 Å². The van der Waals surface area contributed by atoms with Gasteiger partial charge >= 0.3 is 0 Å². The normalized spacial score (nSPS) is 23.7. The van der Waals surface area contributed by atoms with Gasteiger partial charge in [-0.05, 0) is 56.0 Å². The molecule has 25 heavy (non-hydrogen) atoms. The summed E-state index contributed by atoms with van der Waals surface area (Å²) in [6.45, 7) is 4.80. The predicted molar refractivity (Wildman–Crippen MR) is 103 cm³/mol. The number of hydrogen-bond donors (Lipinski definition) is 1. The van der Waals surface area contributed by atoms with Crippen molar-refractivity contribution in [1.82, 2.24) is 9.80 Å². The zero-order valence-corrected chi connectivity index (χ0v) is 16.0. The van der Waals surface area contributed by atoms with Crippen molar-refractivity contribution in [3.05, 3.63) is 35.6 Å². The minimum absolute atomic E-state index is 0. The fourth-order valence-electron chi connectivity index (χ4n) is 3.78. The van der Waals surface area contributed by atoms with Crippen LogP contribution in [0.25, 0.3) is 0 Å². The van der Waals surface area contributed by atoms with E-state index in [0.717, 1.165) is 51.0 Å². The van der Waals surface area contributed by atoms with Gasteiger partial charge in [-0.1, -0.05) is 12.1 Å². The lowest BCUT2D eigenvalue weighted by Gasteiger charge is -2.34. The fraction of sp³-hybridized carbons (Fsp3) is 0.611. The predicted octanol–water partition coefficient (Wildman–Crippen LogP) is 2.69. The van der Waals surface area contributed by atoms with Crippen LogP contribution in [0.2, 0.25) is 0 Å². The number of halogens is 3. The highest BCUT2D eigenvalue weighted by Crippen LogP contribution is 2.24. The lowest BCUT2D eigenvalue weighted by atomic mass is 9.96. The molecule has 2 heterocycles. The van der Waals surface area contributed by atoms with E-state index in [0.29, 0.717) is 19.0 Å². The molecule has 4 nitrogen and oxygen atoms in total. The van der Waals surface area contributed by atoms with Gasteiger partial charge in [0.2, 0.25) is 5.91 Å². The average Bonchev–Trinajstić information content (AvgIpc) is 3.03. The number of nitrogens with zero attached hydrogens (tertiary/aromatic N) is 2. The summed E-state index contributed by atoms with van der Waals surface area (Å²) in [4.78, 5) is 17.0. The Morgan fingerprint density at radius 1 is 1.20 bits per heavy atom. The molecule has 2 atom stereocenters. The number of benzene rings is 1. The van der Waals surface area contributed by atoms with Gasteiger partial charge in [-0.2, -0.15) is 0 Å². The van der Waals surface area contributed by atoms with Crippen molar-refractivity contribution >= 4 is 30.7 Å². The highest BCUT2D eigenvalue weighted by atomic mass is 35.5. The highest BCUT2D eigenvalue weighted by molar-refractivity contribution is 5.85. The van der Waals surface area contributed by atoms with E-state index in [1.165, 1.54) is 6.07 Å². The molecule has 2 aliphatic rings. The van der Waals surface area contributed by atoms with Crippen LogP contribution in [-0.4, -0.2) is 48.4 Å². The number of carbonyl (C=O) groups excluding carboxylic acids is 1. The van der Waals surface area contributed by atoms with E-state index in [1.54, 1.807) is 12.1 Å². The summed E-state index contributed by atoms with van der Waals surface area (Å²) in [5, 5.41) is 0. The Labute approximate surface area is 161 Å². The van der Waals surface area contributed by atoms with Crippen LogP contribution in [0, 0.1) is 17.7 Å². The summed E-state index contributed by atoms with van der Waals surface area (Å²) in [7, 11) is 0. The molecule has 0 bridgehead atoms. The Morgan fingerprint density at radius 2 is 2.00 bits per heavy atom. The summed E-state index contributed by atoms with van der Waals surface area (Å²) in [5.74, 6) is 0.627. The van der Waals surface area contributed by atoms with Crippen molar-refractivity contribution in [2.45, 2.75) is 25.8 Å². The van der Waals surface area contributed by atoms with Gasteiger partial charge in [0.05, 0.1) is 5.92 Å². The second-order valence-electron chi connectivity index (χ2n) is 6.88. The molecule has 0 radical (unpaired) electrons. The van der Waals surface area contributed by atoms with E-state index in [4.69, 9.17) is 5.73 Å². The second kappa shape index (κ2) is 10.3. The van der Waals surface area contributed by atoms with Crippen molar-refractivity contribution in [1.29, 1.82) is 0 Å². The van der Waals surface area contributed by atoms with Gasteiger partial charge in [0, 0.05) is 26.2 Å². The van der Waals surface area contributed by atoms with Gasteiger partial charge in [0.25, 0.3) is 0 Å². The van der Waals surface area contributed by atoms with Crippen LogP contribution in [0.15, 0.2) is 24.3 Å². The van der Waals surface area contributed by atoms with E-state index in [2.05, 4.69) is 4.90 Å². The van der Waals surface area contributed by atoms with Crippen LogP contribution in [-0.2, 0) is 11.3 Å². The molecular formula is C18H28Cl2FN3O. The van der Waals surface area contributed by atoms with Gasteiger partial charge < -0.3 is 10.6 Å². The number of likely N-dealkylation sites (tertiary alicyclic amines) is 2. The third-order valence-corrected chi connectivity index (χ3v) is 5.08. The molecule has 1 aromatic carbocycles. The SMILES string of the molecule is Cl.Cl.NCC1CCN(C(=O)C2CCCN(Cc3cccc(F)c3)C2)C1. The zero-order valence-electron chi connectivity index (χ0n) is 14.4. The number of carbonyl (C=O) groups is 1. The highest BCUT2D eigenvalue weighted by Gasteiger charge is 2.32. The van der Waals surface area contributed by atoms with Crippen molar-refractivity contribution < 1.29 is 9.18 Å². The lowest BCUT2D eigenvalue weighted by Crippen LogP contribution is -2.44. The Balaban J connectivity index is 0.00000156. The van der Waals surface area contributed by atoms with Crippen molar-refractivity contribution in [3.63, 3.8) is 0 Å². The molecule has 1 amide bonds. The van der Waals surface area contributed by atoms with Crippen LogP contribution in [0.5, 0.6) is 0 Å². The summed E-state index contributed by atoms with van der Waals surface area (Å²) in [6.07, 6.45) is 3.02. The van der Waals surface area contributed by atoms with Crippen molar-refractivity contribution in [3.8, 4) is 0 Å². The first-order chi connectivity index (χ1) is 11.2. The standard InChI is InChI=1S/C18H26FN3O.2ClH/c19-17-5-1-3-14(9-17)11-21-7-2-4-16(13-21)18(23)22-8-6-15(10-20)12-22;;/h1,3,5,9,15-16H,2,4,6-8,10-13,20H2;2*1H. The van der Waals surface area contributed by atoms with Gasteiger partial charge in [-0.15, -0.1) is 24.8 Å². The van der Waals surface area contributed by atoms with Gasteiger partial charge in [0.15, 0.2) is 0 Å². The lowest BCUT2D eigenvalue weighted by molar-refractivity contribution is -0.136. The van der Waals surface area contributed by atoms with E-state index in [9.17, 15) is 9.18 Å². The Kier molecular flexibility index (Phi) is 9.14. The smallest absolute Gasteiger partial charge is 0.226 e. The maximum absolute atomic E-state index is 13.3. The van der Waals surface area contributed by atoms with E-state index in [-0.39, 0.29) is 42.5 Å². The number of rotatable bonds is 4. The fourth-order valence-corrected chi connectivity index (χ4v) is 3.78. The molecule has 2 saturated heterocycles. The minimum atomic E-state index is -0.197. The molecule has 2 N–H and O–H groups in total. The second-order valence-corrected chi connectivity index (χ2v) is 6.88. The molecule has 2 fully saturated rings. The Bertz CT molecular complexity index is 561. The average molecular weight is 392 g/mol. The molecule has 1 aromatic rings. The summed E-state index contributed by atoms with van der Waals surface area (Å²) in [5.41, 5.74) is 6.69. The third kappa shape index (κ3) is 5.81. The molecule has 3 rings (SSSR count). The molecule has 0 aliphatic carbocycles. The summed E-state index contributed by atoms with van der Waals surface area (Å²) < 4.78 is 13.3. The first-order valence-electron chi connectivity index (χ1n) is 8.61. The molecule has 0 aromatic heterocycles. The third-order valence-electron chi connectivity index (χ3n) is 5.08. The molecule has 2 unspecified atom stereocenters. The quantitative estimate of drug-likeness (QED) is 0.857. The Hall–Kier alpha value is -0.880. The first-order valence-corrected chi connectivity index (χ1v) is 8.61. The summed E-state index contributed by atoms with van der Waals surface area (Å²) >= 11 is 0. The minimum Gasteiger partial charge on any atom is -0.342 e. The topological polar surface area (TPSA) is 49.6 Å². The largest absolute Gasteiger partial charge is 0.342 e. The van der Waals surface area contributed by atoms with Crippen molar-refractivity contribution in [2.75, 3.05) is 32.7 Å². The molecule has 0 saturated carbocycles. The van der Waals surface area contributed by atoms with Gasteiger partial charge in [0.1, 0.15) is 5.82 Å². The number of piperidine rings is 1. The maximum atomic E-state index is 13.3. The van der Waals surface area contributed by atoms with Crippen LogP contribution in [0.1, 0.15) is 24.8 Å². The maximum Gasteiger partial charge on any atom is 0.226 e. The van der Waals surface area contributed by atoms with Gasteiger partial charge in [-0.3, -0.25) is 9.69 Å². The van der Waals surface area contributed by atoms with E-state index in [1.807, 2.05) is 11.0 Å². The zero-order chi connectivity index (χ0) is 16.2. The molecule has 0 spiro atoms. The molecule has 2 aliphatic heterocycles. The number of hydrogen-bond acceptors (Lipinski definition) is 3.